The van der Waals surface area contributed by atoms with Gasteiger partial charge in [0.25, 0.3) is 0 Å². The molecule has 0 saturated heterocycles. The van der Waals surface area contributed by atoms with Crippen molar-refractivity contribution in [2.45, 2.75) is 12.8 Å². The van der Waals surface area contributed by atoms with Crippen molar-refractivity contribution in [1.29, 1.82) is 0 Å². The summed E-state index contributed by atoms with van der Waals surface area (Å²) in [6.45, 7) is 2.05. The van der Waals surface area contributed by atoms with Crippen molar-refractivity contribution in [2.75, 3.05) is 13.7 Å². The second-order valence-electron chi connectivity index (χ2n) is 1.44. The van der Waals surface area contributed by atoms with Crippen molar-refractivity contribution in [3.05, 3.63) is 0 Å². The second kappa shape index (κ2) is 5.33. The third-order valence-electron chi connectivity index (χ3n) is 0.823. The number of ether oxygens (including phenoxy) is 2. The molecule has 0 heterocycles. The van der Waals surface area contributed by atoms with E-state index in [4.69, 9.17) is 4.74 Å². The van der Waals surface area contributed by atoms with Gasteiger partial charge in [-0.25, -0.2) is 4.79 Å². The SMILES string of the molecule is CCOC(P=O)C(=O)OC. The van der Waals surface area contributed by atoms with Gasteiger partial charge in [-0.05, 0) is 6.92 Å². The molecule has 0 aliphatic rings. The van der Waals surface area contributed by atoms with Gasteiger partial charge in [0.2, 0.25) is 5.85 Å². The molecule has 0 saturated carbocycles. The van der Waals surface area contributed by atoms with Gasteiger partial charge < -0.3 is 9.47 Å². The van der Waals surface area contributed by atoms with E-state index in [0.717, 1.165) is 0 Å². The second-order valence-corrected chi connectivity index (χ2v) is 2.12. The van der Waals surface area contributed by atoms with Crippen molar-refractivity contribution in [1.82, 2.24) is 0 Å². The number of hydrogen-bond donors (Lipinski definition) is 0. The molecule has 0 spiro atoms. The zero-order valence-corrected chi connectivity index (χ0v) is 6.76. The number of rotatable bonds is 4. The monoisotopic (exact) mass is 164 g/mol. The molecule has 0 amide bonds. The molecule has 0 aromatic rings. The molecule has 0 fully saturated rings. The van der Waals surface area contributed by atoms with Crippen LogP contribution in [0, 0.1) is 0 Å². The largest absolute Gasteiger partial charge is 0.466 e. The van der Waals surface area contributed by atoms with Crippen molar-refractivity contribution in [3.8, 4) is 0 Å². The van der Waals surface area contributed by atoms with Crippen LogP contribution >= 0.6 is 8.46 Å². The minimum atomic E-state index is -0.963. The summed E-state index contributed by atoms with van der Waals surface area (Å²) in [5, 5.41) is 0. The minimum Gasteiger partial charge on any atom is -0.466 e. The van der Waals surface area contributed by atoms with Crippen LogP contribution in [-0.4, -0.2) is 25.5 Å². The van der Waals surface area contributed by atoms with Gasteiger partial charge in [0, 0.05) is 6.61 Å². The number of esters is 1. The average molecular weight is 164 g/mol. The quantitative estimate of drug-likeness (QED) is 0.455. The summed E-state index contributed by atoms with van der Waals surface area (Å²) in [5.74, 6) is -1.58. The van der Waals surface area contributed by atoms with Crippen LogP contribution in [0.1, 0.15) is 6.92 Å². The summed E-state index contributed by atoms with van der Waals surface area (Å²) in [6.07, 6.45) is 0. The van der Waals surface area contributed by atoms with Crippen LogP contribution in [0.25, 0.3) is 0 Å². The fraction of sp³-hybridized carbons (Fsp3) is 0.800. The first-order chi connectivity index (χ1) is 4.76. The van der Waals surface area contributed by atoms with E-state index in [1.165, 1.54) is 7.11 Å². The van der Waals surface area contributed by atoms with Gasteiger partial charge in [0.15, 0.2) is 8.46 Å². The maximum absolute atomic E-state index is 10.6. The van der Waals surface area contributed by atoms with E-state index in [1.807, 2.05) is 0 Å². The summed E-state index contributed by atoms with van der Waals surface area (Å²) in [5.41, 5.74) is 0. The lowest BCUT2D eigenvalue weighted by Crippen LogP contribution is -2.19. The van der Waals surface area contributed by atoms with Gasteiger partial charge in [-0.15, -0.1) is 0 Å². The molecular weight excluding hydrogens is 155 g/mol. The number of carbonyl (C=O) groups is 1. The Balaban J connectivity index is 3.80. The molecule has 0 rings (SSSR count). The molecule has 0 aliphatic heterocycles. The van der Waals surface area contributed by atoms with Crippen LogP contribution < -0.4 is 0 Å². The molecule has 0 bridgehead atoms. The maximum atomic E-state index is 10.6. The lowest BCUT2D eigenvalue weighted by Gasteiger charge is -2.04. The fourth-order valence-electron chi connectivity index (χ4n) is 0.400. The molecule has 4 nitrogen and oxygen atoms in total. The Labute approximate surface area is 60.7 Å². The predicted molar refractivity (Wildman–Crippen MR) is 35.0 cm³/mol. The summed E-state index contributed by atoms with van der Waals surface area (Å²) < 4.78 is 19.2. The minimum absolute atomic E-state index is 0.342. The van der Waals surface area contributed by atoms with E-state index in [-0.39, 0.29) is 8.46 Å². The molecular formula is C5H9O4P. The van der Waals surface area contributed by atoms with E-state index in [1.54, 1.807) is 6.92 Å². The van der Waals surface area contributed by atoms with Crippen LogP contribution in [0.15, 0.2) is 0 Å². The highest BCUT2D eigenvalue weighted by molar-refractivity contribution is 7.26. The van der Waals surface area contributed by atoms with E-state index in [2.05, 4.69) is 4.74 Å². The van der Waals surface area contributed by atoms with Gasteiger partial charge in [0.05, 0.1) is 7.11 Å². The lowest BCUT2D eigenvalue weighted by atomic mass is 10.7. The Bertz CT molecular complexity index is 125. The van der Waals surface area contributed by atoms with Crippen molar-refractivity contribution < 1.29 is 18.8 Å². The highest BCUT2D eigenvalue weighted by Gasteiger charge is 2.18. The molecule has 10 heavy (non-hydrogen) atoms. The highest BCUT2D eigenvalue weighted by atomic mass is 31.1. The number of hydrogen-bond acceptors (Lipinski definition) is 4. The molecule has 5 heteroatoms. The fourth-order valence-corrected chi connectivity index (χ4v) is 0.802. The van der Waals surface area contributed by atoms with E-state index < -0.39 is 11.8 Å². The zero-order chi connectivity index (χ0) is 7.98. The molecule has 58 valence electrons. The van der Waals surface area contributed by atoms with Gasteiger partial charge in [0.1, 0.15) is 0 Å². The lowest BCUT2D eigenvalue weighted by molar-refractivity contribution is -0.148. The Morgan fingerprint density at radius 1 is 1.70 bits per heavy atom. The molecule has 1 atom stereocenters. The van der Waals surface area contributed by atoms with Gasteiger partial charge in [-0.1, -0.05) is 0 Å². The van der Waals surface area contributed by atoms with Crippen molar-refractivity contribution in [3.63, 3.8) is 0 Å². The van der Waals surface area contributed by atoms with E-state index in [9.17, 15) is 9.36 Å². The normalized spacial score (nSPS) is 13.0. The first kappa shape index (κ1) is 9.53. The first-order valence-electron chi connectivity index (χ1n) is 2.78. The summed E-state index contributed by atoms with van der Waals surface area (Å²) in [6, 6.07) is 0. The van der Waals surface area contributed by atoms with Crippen LogP contribution in [0.4, 0.5) is 0 Å². The van der Waals surface area contributed by atoms with Crippen LogP contribution in [0.3, 0.4) is 0 Å². The van der Waals surface area contributed by atoms with Crippen LogP contribution in [0.5, 0.6) is 0 Å². The Morgan fingerprint density at radius 2 is 2.30 bits per heavy atom. The molecule has 0 N–H and O–H groups in total. The van der Waals surface area contributed by atoms with Crippen LogP contribution in [-0.2, 0) is 18.8 Å². The third-order valence-corrected chi connectivity index (χ3v) is 1.37. The molecule has 1 unspecified atom stereocenters. The summed E-state index contributed by atoms with van der Waals surface area (Å²) in [4.78, 5) is 10.6. The Morgan fingerprint density at radius 3 is 2.60 bits per heavy atom. The summed E-state index contributed by atoms with van der Waals surface area (Å²) >= 11 is 0. The topological polar surface area (TPSA) is 52.6 Å². The Kier molecular flexibility index (Phi) is 5.08. The predicted octanol–water partition coefficient (Wildman–Crippen LogP) is 0.814. The highest BCUT2D eigenvalue weighted by Crippen LogP contribution is 2.08. The summed E-state index contributed by atoms with van der Waals surface area (Å²) in [7, 11) is 0.860. The molecule has 0 aromatic heterocycles. The van der Waals surface area contributed by atoms with Crippen LogP contribution in [0.2, 0.25) is 0 Å². The maximum Gasteiger partial charge on any atom is 0.347 e. The van der Waals surface area contributed by atoms with Crippen molar-refractivity contribution >= 4 is 14.4 Å². The number of carbonyl (C=O) groups excluding carboxylic acids is 1. The molecule has 0 aromatic carbocycles. The molecule has 0 radical (unpaired) electrons. The number of methoxy groups -OCH3 is 1. The smallest absolute Gasteiger partial charge is 0.347 e. The van der Waals surface area contributed by atoms with Gasteiger partial charge >= 0.3 is 5.97 Å². The third kappa shape index (κ3) is 2.90. The average Bonchev–Trinajstić information content (AvgIpc) is 1.99. The Hall–Kier alpha value is -0.470. The molecule has 0 aliphatic carbocycles. The van der Waals surface area contributed by atoms with Gasteiger partial charge in [-0.3, -0.25) is 4.57 Å². The standard InChI is InChI=1S/C5H9O4P/c1-3-9-5(10-7)4(6)8-2/h5H,3H2,1-2H3. The van der Waals surface area contributed by atoms with Crippen molar-refractivity contribution in [2.24, 2.45) is 0 Å². The van der Waals surface area contributed by atoms with Gasteiger partial charge in [-0.2, -0.15) is 0 Å². The van der Waals surface area contributed by atoms with E-state index >= 15 is 0 Å². The van der Waals surface area contributed by atoms with E-state index in [0.29, 0.717) is 6.61 Å². The zero-order valence-electron chi connectivity index (χ0n) is 5.86. The first-order valence-corrected chi connectivity index (χ1v) is 3.66.